The number of methoxy groups -OCH3 is 1. The first-order chi connectivity index (χ1) is 9.81. The Morgan fingerprint density at radius 1 is 1.30 bits per heavy atom. The van der Waals surface area contributed by atoms with Crippen LogP contribution in [-0.2, 0) is 0 Å². The van der Waals surface area contributed by atoms with E-state index in [0.29, 0.717) is 0 Å². The summed E-state index contributed by atoms with van der Waals surface area (Å²) < 4.78 is 5.22. The fraction of sp³-hybridized carbons (Fsp3) is 0.133. The van der Waals surface area contributed by atoms with Crippen molar-refractivity contribution in [1.29, 1.82) is 0 Å². The molecule has 2 aromatic heterocycles. The largest absolute Gasteiger partial charge is 0.496 e. The molecule has 3 aromatic rings. The Balaban J connectivity index is 2.02. The van der Waals surface area contributed by atoms with Crippen LogP contribution in [0.15, 0.2) is 48.0 Å². The third-order valence-electron chi connectivity index (χ3n) is 3.23. The molecule has 1 aromatic carbocycles. The predicted octanol–water partition coefficient (Wildman–Crippen LogP) is 2.86. The first-order valence-electron chi connectivity index (χ1n) is 6.25. The summed E-state index contributed by atoms with van der Waals surface area (Å²) in [7, 11) is 1.66. The van der Waals surface area contributed by atoms with Crippen LogP contribution < -0.4 is 16.0 Å². The second-order valence-electron chi connectivity index (χ2n) is 4.45. The summed E-state index contributed by atoms with van der Waals surface area (Å²) in [6.45, 7) is 0. The lowest BCUT2D eigenvalue weighted by atomic mass is 10.1. The third-order valence-corrected chi connectivity index (χ3v) is 4.20. The Bertz CT molecular complexity index is 726. The number of rotatable bonds is 4. The lowest BCUT2D eigenvalue weighted by molar-refractivity contribution is 0.416. The molecule has 20 heavy (non-hydrogen) atoms. The lowest BCUT2D eigenvalue weighted by Crippen LogP contribution is -2.28. The van der Waals surface area contributed by atoms with Gasteiger partial charge in [-0.05, 0) is 23.8 Å². The van der Waals surface area contributed by atoms with E-state index in [9.17, 15) is 0 Å². The maximum Gasteiger partial charge on any atom is 0.129 e. The quantitative estimate of drug-likeness (QED) is 0.571. The van der Waals surface area contributed by atoms with Crippen molar-refractivity contribution in [2.45, 2.75) is 6.04 Å². The van der Waals surface area contributed by atoms with Crippen LogP contribution in [0.25, 0.3) is 10.9 Å². The van der Waals surface area contributed by atoms with E-state index in [1.165, 1.54) is 0 Å². The van der Waals surface area contributed by atoms with Crippen LogP contribution in [0, 0.1) is 0 Å². The zero-order chi connectivity index (χ0) is 13.9. The van der Waals surface area contributed by atoms with Gasteiger partial charge in [0, 0.05) is 21.8 Å². The van der Waals surface area contributed by atoms with Gasteiger partial charge in [-0.3, -0.25) is 10.8 Å². The highest BCUT2D eigenvalue weighted by molar-refractivity contribution is 7.10. The number of nitrogens with one attached hydrogen (secondary N) is 1. The second kappa shape index (κ2) is 5.58. The van der Waals surface area contributed by atoms with Gasteiger partial charge in [0.05, 0.1) is 18.7 Å². The number of nitrogens with zero attached hydrogens (tertiary/aromatic N) is 1. The molecular formula is C15H15N3OS. The van der Waals surface area contributed by atoms with E-state index in [0.717, 1.165) is 27.1 Å². The minimum Gasteiger partial charge on any atom is -0.496 e. The van der Waals surface area contributed by atoms with Gasteiger partial charge in [-0.15, -0.1) is 11.3 Å². The fourth-order valence-corrected chi connectivity index (χ4v) is 3.12. The van der Waals surface area contributed by atoms with Crippen molar-refractivity contribution in [2.75, 3.05) is 7.11 Å². The van der Waals surface area contributed by atoms with Crippen LogP contribution >= 0.6 is 11.3 Å². The van der Waals surface area contributed by atoms with Crippen molar-refractivity contribution in [3.63, 3.8) is 0 Å². The maximum atomic E-state index is 5.72. The van der Waals surface area contributed by atoms with Crippen LogP contribution in [0.3, 0.4) is 0 Å². The number of aromatic nitrogens is 1. The molecule has 0 fully saturated rings. The number of hydrogen-bond donors (Lipinski definition) is 2. The van der Waals surface area contributed by atoms with Crippen molar-refractivity contribution in [3.8, 4) is 5.75 Å². The van der Waals surface area contributed by atoms with Crippen LogP contribution in [0.4, 0.5) is 0 Å². The Morgan fingerprint density at radius 2 is 2.15 bits per heavy atom. The second-order valence-corrected chi connectivity index (χ2v) is 5.39. The molecule has 4 nitrogen and oxygen atoms in total. The normalized spacial score (nSPS) is 12.5. The van der Waals surface area contributed by atoms with Gasteiger partial charge in [-0.2, -0.15) is 0 Å². The van der Waals surface area contributed by atoms with Crippen molar-refractivity contribution in [3.05, 3.63) is 58.4 Å². The third kappa shape index (κ3) is 2.38. The van der Waals surface area contributed by atoms with E-state index < -0.39 is 0 Å². The monoisotopic (exact) mass is 285 g/mol. The minimum absolute atomic E-state index is 0.0824. The van der Waals surface area contributed by atoms with E-state index in [1.54, 1.807) is 18.4 Å². The average molecular weight is 285 g/mol. The number of hydrogen-bond acceptors (Lipinski definition) is 5. The fourth-order valence-electron chi connectivity index (χ4n) is 2.18. The van der Waals surface area contributed by atoms with E-state index in [1.807, 2.05) is 35.8 Å². The summed E-state index contributed by atoms with van der Waals surface area (Å²) in [4.78, 5) is 5.58. The van der Waals surface area contributed by atoms with E-state index >= 15 is 0 Å². The molecule has 0 amide bonds. The summed E-state index contributed by atoms with van der Waals surface area (Å²) in [5, 5.41) is 3.07. The van der Waals surface area contributed by atoms with E-state index in [4.69, 9.17) is 10.6 Å². The molecule has 3 N–H and O–H groups in total. The van der Waals surface area contributed by atoms with Gasteiger partial charge >= 0.3 is 0 Å². The zero-order valence-corrected chi connectivity index (χ0v) is 11.9. The smallest absolute Gasteiger partial charge is 0.129 e. The van der Waals surface area contributed by atoms with Gasteiger partial charge in [0.25, 0.3) is 0 Å². The molecule has 0 aliphatic carbocycles. The Kier molecular flexibility index (Phi) is 3.64. The van der Waals surface area contributed by atoms with Gasteiger partial charge in [-0.25, -0.2) is 5.43 Å². The topological polar surface area (TPSA) is 60.2 Å². The molecular weight excluding hydrogens is 270 g/mol. The van der Waals surface area contributed by atoms with Gasteiger partial charge in [-0.1, -0.05) is 18.2 Å². The van der Waals surface area contributed by atoms with Crippen LogP contribution in [-0.4, -0.2) is 12.1 Å². The van der Waals surface area contributed by atoms with Crippen molar-refractivity contribution in [1.82, 2.24) is 10.4 Å². The van der Waals surface area contributed by atoms with Crippen LogP contribution in [0.1, 0.15) is 16.5 Å². The first-order valence-corrected chi connectivity index (χ1v) is 7.13. The predicted molar refractivity (Wildman–Crippen MR) is 81.8 cm³/mol. The molecule has 1 unspecified atom stereocenters. The zero-order valence-electron chi connectivity index (χ0n) is 11.0. The molecule has 2 heterocycles. The first kappa shape index (κ1) is 13.1. The molecule has 0 saturated carbocycles. The lowest BCUT2D eigenvalue weighted by Gasteiger charge is -2.14. The molecule has 5 heteroatoms. The number of hydrazine groups is 1. The number of ether oxygens (including phenoxy) is 1. The highest BCUT2D eigenvalue weighted by Crippen LogP contribution is 2.31. The molecule has 3 rings (SSSR count). The highest BCUT2D eigenvalue weighted by atomic mass is 32.1. The summed E-state index contributed by atoms with van der Waals surface area (Å²) in [5.74, 6) is 6.57. The SMILES string of the molecule is COc1csc(C(NN)c2cnc3ccccc3c2)c1. The standard InChI is InChI=1S/C15H15N3OS/c1-19-12-7-14(20-9-12)15(18-16)11-6-10-4-2-3-5-13(10)17-8-11/h2-9,15,18H,16H2,1H3. The van der Waals surface area contributed by atoms with Gasteiger partial charge < -0.3 is 4.74 Å². The van der Waals surface area contributed by atoms with E-state index in [-0.39, 0.29) is 6.04 Å². The van der Waals surface area contributed by atoms with Crippen molar-refractivity contribution in [2.24, 2.45) is 5.84 Å². The molecule has 0 saturated heterocycles. The Labute approximate surface area is 121 Å². The number of thiophene rings is 1. The minimum atomic E-state index is -0.0824. The van der Waals surface area contributed by atoms with Crippen LogP contribution in [0.5, 0.6) is 5.75 Å². The average Bonchev–Trinajstić information content (AvgIpc) is 2.97. The summed E-state index contributed by atoms with van der Waals surface area (Å²) in [6.07, 6.45) is 1.86. The summed E-state index contributed by atoms with van der Waals surface area (Å²) in [5.41, 5.74) is 4.87. The molecule has 0 aliphatic heterocycles. The number of nitrogens with two attached hydrogens (primary N) is 1. The molecule has 0 aliphatic rings. The van der Waals surface area contributed by atoms with Gasteiger partial charge in [0.2, 0.25) is 0 Å². The van der Waals surface area contributed by atoms with Gasteiger partial charge in [0.1, 0.15) is 5.75 Å². The number of fused-ring (bicyclic) bond motifs is 1. The molecule has 1 atom stereocenters. The Morgan fingerprint density at radius 3 is 2.90 bits per heavy atom. The maximum absolute atomic E-state index is 5.72. The number of pyridine rings is 1. The van der Waals surface area contributed by atoms with Crippen molar-refractivity contribution < 1.29 is 4.74 Å². The number of benzene rings is 1. The van der Waals surface area contributed by atoms with Gasteiger partial charge in [0.15, 0.2) is 0 Å². The molecule has 102 valence electrons. The van der Waals surface area contributed by atoms with Crippen LogP contribution in [0.2, 0.25) is 0 Å². The molecule has 0 radical (unpaired) electrons. The molecule has 0 bridgehead atoms. The molecule has 0 spiro atoms. The highest BCUT2D eigenvalue weighted by Gasteiger charge is 2.16. The Hall–Kier alpha value is -1.95. The summed E-state index contributed by atoms with van der Waals surface area (Å²) >= 11 is 1.61. The van der Waals surface area contributed by atoms with Crippen molar-refractivity contribution >= 4 is 22.2 Å². The summed E-state index contributed by atoms with van der Waals surface area (Å²) in [6, 6.07) is 12.1. The van der Waals surface area contributed by atoms with E-state index in [2.05, 4.69) is 22.5 Å². The number of para-hydroxylation sites is 1.